The van der Waals surface area contributed by atoms with E-state index in [9.17, 15) is 0 Å². The van der Waals surface area contributed by atoms with Crippen molar-refractivity contribution in [2.45, 2.75) is 64.0 Å². The van der Waals surface area contributed by atoms with Gasteiger partial charge >= 0.3 is 0 Å². The molecule has 3 rings (SSSR count). The van der Waals surface area contributed by atoms with Gasteiger partial charge in [0.15, 0.2) is 0 Å². The van der Waals surface area contributed by atoms with E-state index in [1.54, 1.807) is 5.57 Å². The Labute approximate surface area is 128 Å². The fourth-order valence-corrected chi connectivity index (χ4v) is 3.52. The third-order valence-corrected chi connectivity index (χ3v) is 4.60. The second-order valence-corrected chi connectivity index (χ2v) is 6.97. The third-order valence-electron chi connectivity index (χ3n) is 4.60. The van der Waals surface area contributed by atoms with Gasteiger partial charge in [-0.2, -0.15) is 0 Å². The number of allylic oxidation sites excluding steroid dienone is 1. The summed E-state index contributed by atoms with van der Waals surface area (Å²) in [6, 6.07) is 8.87. The van der Waals surface area contributed by atoms with Crippen molar-refractivity contribution in [3.8, 4) is 5.75 Å². The van der Waals surface area contributed by atoms with Crippen LogP contribution in [0.3, 0.4) is 0 Å². The molecule has 2 heteroatoms. The summed E-state index contributed by atoms with van der Waals surface area (Å²) in [6.07, 6.45) is 10.0. The molecule has 1 aliphatic carbocycles. The van der Waals surface area contributed by atoms with Crippen molar-refractivity contribution in [2.75, 3.05) is 6.54 Å². The van der Waals surface area contributed by atoms with Gasteiger partial charge in [-0.25, -0.2) is 0 Å². The summed E-state index contributed by atoms with van der Waals surface area (Å²) in [5.74, 6) is 1.04. The SMILES string of the molecule is CC1(C)CC(NCCC2=CCCCC2)c2ccccc2O1. The van der Waals surface area contributed by atoms with Crippen molar-refractivity contribution in [2.24, 2.45) is 0 Å². The van der Waals surface area contributed by atoms with E-state index in [0.717, 1.165) is 18.7 Å². The van der Waals surface area contributed by atoms with Gasteiger partial charge in [-0.1, -0.05) is 29.8 Å². The number of benzene rings is 1. The summed E-state index contributed by atoms with van der Waals surface area (Å²) in [4.78, 5) is 0. The minimum Gasteiger partial charge on any atom is -0.487 e. The van der Waals surface area contributed by atoms with Crippen LogP contribution in [0.2, 0.25) is 0 Å². The normalized spacial score (nSPS) is 23.9. The maximum absolute atomic E-state index is 6.09. The minimum atomic E-state index is -0.0872. The number of nitrogens with one attached hydrogen (secondary N) is 1. The van der Waals surface area contributed by atoms with Crippen molar-refractivity contribution in [1.82, 2.24) is 5.32 Å². The highest BCUT2D eigenvalue weighted by molar-refractivity contribution is 5.38. The molecule has 1 aromatic rings. The molecule has 1 aliphatic heterocycles. The van der Waals surface area contributed by atoms with Crippen molar-refractivity contribution in [3.05, 3.63) is 41.5 Å². The fraction of sp³-hybridized carbons (Fsp3) is 0.579. The van der Waals surface area contributed by atoms with Crippen molar-refractivity contribution < 1.29 is 4.74 Å². The van der Waals surface area contributed by atoms with Gasteiger partial charge in [0.1, 0.15) is 11.4 Å². The predicted octanol–water partition coefficient (Wildman–Crippen LogP) is 4.77. The second-order valence-electron chi connectivity index (χ2n) is 6.97. The monoisotopic (exact) mass is 285 g/mol. The summed E-state index contributed by atoms with van der Waals surface area (Å²) >= 11 is 0. The molecule has 114 valence electrons. The van der Waals surface area contributed by atoms with Gasteiger partial charge in [-0.15, -0.1) is 0 Å². The molecule has 0 amide bonds. The Morgan fingerprint density at radius 2 is 2.10 bits per heavy atom. The topological polar surface area (TPSA) is 21.3 Å². The molecule has 1 heterocycles. The van der Waals surface area contributed by atoms with Crippen LogP contribution < -0.4 is 10.1 Å². The highest BCUT2D eigenvalue weighted by Crippen LogP contribution is 2.39. The van der Waals surface area contributed by atoms with Crippen molar-refractivity contribution in [3.63, 3.8) is 0 Å². The first-order chi connectivity index (χ1) is 10.1. The van der Waals surface area contributed by atoms with Crippen molar-refractivity contribution >= 4 is 0 Å². The molecule has 0 saturated carbocycles. The second kappa shape index (κ2) is 6.23. The van der Waals surface area contributed by atoms with Crippen molar-refractivity contribution in [1.29, 1.82) is 0 Å². The first kappa shape index (κ1) is 14.6. The Balaban J connectivity index is 1.63. The summed E-state index contributed by atoms with van der Waals surface area (Å²) in [5.41, 5.74) is 2.87. The van der Waals surface area contributed by atoms with E-state index in [0.29, 0.717) is 6.04 Å². The molecule has 1 unspecified atom stereocenters. The lowest BCUT2D eigenvalue weighted by Crippen LogP contribution is -2.39. The molecule has 0 radical (unpaired) electrons. The van der Waals surface area contributed by atoms with E-state index in [1.807, 2.05) is 0 Å². The zero-order valence-corrected chi connectivity index (χ0v) is 13.3. The Kier molecular flexibility index (Phi) is 4.34. The Hall–Kier alpha value is -1.28. The van der Waals surface area contributed by atoms with Crippen LogP contribution in [-0.2, 0) is 0 Å². The summed E-state index contributed by atoms with van der Waals surface area (Å²) < 4.78 is 6.09. The van der Waals surface area contributed by atoms with Crippen LogP contribution in [0.25, 0.3) is 0 Å². The largest absolute Gasteiger partial charge is 0.487 e. The van der Waals surface area contributed by atoms with E-state index in [2.05, 4.69) is 49.5 Å². The van der Waals surface area contributed by atoms with Gasteiger partial charge in [0.2, 0.25) is 0 Å². The number of fused-ring (bicyclic) bond motifs is 1. The van der Waals surface area contributed by atoms with Crippen LogP contribution in [0.1, 0.15) is 64.0 Å². The number of ether oxygens (including phenoxy) is 1. The maximum atomic E-state index is 6.09. The predicted molar refractivity (Wildman–Crippen MR) is 87.7 cm³/mol. The quantitative estimate of drug-likeness (QED) is 0.805. The van der Waals surface area contributed by atoms with Gasteiger partial charge in [-0.3, -0.25) is 0 Å². The molecular formula is C19H27NO. The highest BCUT2D eigenvalue weighted by atomic mass is 16.5. The molecule has 21 heavy (non-hydrogen) atoms. The number of hydrogen-bond donors (Lipinski definition) is 1. The lowest BCUT2D eigenvalue weighted by Gasteiger charge is -2.38. The molecule has 2 aliphatic rings. The van der Waals surface area contributed by atoms with Crippen LogP contribution in [0, 0.1) is 0 Å². The van der Waals surface area contributed by atoms with Crippen LogP contribution in [-0.4, -0.2) is 12.1 Å². The number of hydrogen-bond acceptors (Lipinski definition) is 2. The van der Waals surface area contributed by atoms with E-state index in [4.69, 9.17) is 4.74 Å². The zero-order valence-electron chi connectivity index (χ0n) is 13.3. The summed E-state index contributed by atoms with van der Waals surface area (Å²) in [6.45, 7) is 5.43. The molecule has 0 bridgehead atoms. The first-order valence-electron chi connectivity index (χ1n) is 8.33. The molecular weight excluding hydrogens is 258 g/mol. The van der Waals surface area contributed by atoms with Gasteiger partial charge in [0, 0.05) is 18.0 Å². The number of rotatable bonds is 4. The molecule has 1 aromatic carbocycles. The average Bonchev–Trinajstić information content (AvgIpc) is 2.47. The minimum absolute atomic E-state index is 0.0872. The van der Waals surface area contributed by atoms with Crippen LogP contribution in [0.5, 0.6) is 5.75 Å². The summed E-state index contributed by atoms with van der Waals surface area (Å²) in [5, 5.41) is 3.76. The van der Waals surface area contributed by atoms with Crippen LogP contribution >= 0.6 is 0 Å². The molecule has 0 spiro atoms. The lowest BCUT2D eigenvalue weighted by molar-refractivity contribution is 0.0662. The van der Waals surface area contributed by atoms with Gasteiger partial charge in [0.05, 0.1) is 0 Å². The van der Waals surface area contributed by atoms with E-state index < -0.39 is 0 Å². The molecule has 1 atom stereocenters. The lowest BCUT2D eigenvalue weighted by atomic mass is 9.89. The molecule has 0 fully saturated rings. The first-order valence-corrected chi connectivity index (χ1v) is 8.33. The molecule has 0 saturated heterocycles. The van der Waals surface area contributed by atoms with Gasteiger partial charge < -0.3 is 10.1 Å². The zero-order chi connectivity index (χ0) is 14.7. The standard InChI is InChI=1S/C19H27NO/c1-19(2)14-17(16-10-6-7-11-18(16)21-19)20-13-12-15-8-4-3-5-9-15/h6-8,10-11,17,20H,3-5,9,12-14H2,1-2H3. The third kappa shape index (κ3) is 3.68. The van der Waals surface area contributed by atoms with Crippen LogP contribution in [0.4, 0.5) is 0 Å². The fourth-order valence-electron chi connectivity index (χ4n) is 3.52. The van der Waals surface area contributed by atoms with E-state index >= 15 is 0 Å². The molecule has 0 aromatic heterocycles. The number of para-hydroxylation sites is 1. The van der Waals surface area contributed by atoms with E-state index in [1.165, 1.54) is 37.7 Å². The van der Waals surface area contributed by atoms with Gasteiger partial charge in [0.25, 0.3) is 0 Å². The van der Waals surface area contributed by atoms with Crippen LogP contribution in [0.15, 0.2) is 35.9 Å². The molecule has 2 nitrogen and oxygen atoms in total. The maximum Gasteiger partial charge on any atom is 0.124 e. The van der Waals surface area contributed by atoms with E-state index in [-0.39, 0.29) is 5.60 Å². The Morgan fingerprint density at radius 1 is 1.24 bits per heavy atom. The summed E-state index contributed by atoms with van der Waals surface area (Å²) in [7, 11) is 0. The molecule has 1 N–H and O–H groups in total. The van der Waals surface area contributed by atoms with Gasteiger partial charge in [-0.05, 0) is 58.6 Å². The smallest absolute Gasteiger partial charge is 0.124 e. The highest BCUT2D eigenvalue weighted by Gasteiger charge is 2.33. The Bertz CT molecular complexity index is 518. The average molecular weight is 285 g/mol. The Morgan fingerprint density at radius 3 is 2.90 bits per heavy atom.